The van der Waals surface area contributed by atoms with Gasteiger partial charge in [0, 0.05) is 24.7 Å². The molecule has 0 aromatic heterocycles. The first-order valence-corrected chi connectivity index (χ1v) is 6.23. The molecule has 0 saturated heterocycles. The number of nitrogens with zero attached hydrogens (tertiary/aromatic N) is 1. The topological polar surface area (TPSA) is 49.8 Å². The van der Waals surface area contributed by atoms with E-state index in [2.05, 4.69) is 15.9 Å². The van der Waals surface area contributed by atoms with Crippen molar-refractivity contribution < 1.29 is 19.0 Å². The number of benzene rings is 1. The Morgan fingerprint density at radius 3 is 2.78 bits per heavy atom. The maximum Gasteiger partial charge on any atom is 0.255 e. The van der Waals surface area contributed by atoms with Crippen LogP contribution in [0.1, 0.15) is 10.4 Å². The number of halogens is 2. The standard InChI is InChI=1S/C12H15BrFNO3/c1-18-7-5-15(4-6-16)12(17)10-3-2-9(14)8-11(10)13/h2-3,8,16H,4-7H2,1H3. The lowest BCUT2D eigenvalue weighted by Gasteiger charge is -2.22. The molecule has 1 rings (SSSR count). The second-order valence-electron chi connectivity index (χ2n) is 3.63. The zero-order chi connectivity index (χ0) is 13.5. The minimum Gasteiger partial charge on any atom is -0.395 e. The monoisotopic (exact) mass is 319 g/mol. The van der Waals surface area contributed by atoms with Crippen LogP contribution in [0.3, 0.4) is 0 Å². The van der Waals surface area contributed by atoms with Crippen molar-refractivity contribution in [2.75, 3.05) is 33.4 Å². The molecule has 0 heterocycles. The van der Waals surface area contributed by atoms with Crippen LogP contribution in [-0.4, -0.2) is 49.3 Å². The maximum atomic E-state index is 12.9. The third-order valence-electron chi connectivity index (χ3n) is 2.38. The van der Waals surface area contributed by atoms with Crippen LogP contribution >= 0.6 is 15.9 Å². The number of carbonyl (C=O) groups excluding carboxylic acids is 1. The molecule has 18 heavy (non-hydrogen) atoms. The first kappa shape index (κ1) is 15.1. The maximum absolute atomic E-state index is 12.9. The Hall–Kier alpha value is -0.980. The van der Waals surface area contributed by atoms with E-state index in [0.717, 1.165) is 0 Å². The van der Waals surface area contributed by atoms with Crippen LogP contribution in [0.4, 0.5) is 4.39 Å². The second-order valence-corrected chi connectivity index (χ2v) is 4.49. The van der Waals surface area contributed by atoms with Gasteiger partial charge < -0.3 is 14.7 Å². The van der Waals surface area contributed by atoms with Crippen molar-refractivity contribution in [1.82, 2.24) is 4.90 Å². The smallest absolute Gasteiger partial charge is 0.255 e. The third-order valence-corrected chi connectivity index (χ3v) is 3.04. The number of carbonyl (C=O) groups is 1. The zero-order valence-corrected chi connectivity index (χ0v) is 11.6. The van der Waals surface area contributed by atoms with Gasteiger partial charge >= 0.3 is 0 Å². The van der Waals surface area contributed by atoms with Crippen LogP contribution < -0.4 is 0 Å². The molecule has 1 aromatic rings. The van der Waals surface area contributed by atoms with Crippen LogP contribution in [0.2, 0.25) is 0 Å². The van der Waals surface area contributed by atoms with E-state index in [0.29, 0.717) is 23.2 Å². The summed E-state index contributed by atoms with van der Waals surface area (Å²) in [6.45, 7) is 0.838. The van der Waals surface area contributed by atoms with Crippen LogP contribution in [-0.2, 0) is 4.74 Å². The highest BCUT2D eigenvalue weighted by Crippen LogP contribution is 2.19. The van der Waals surface area contributed by atoms with E-state index in [1.165, 1.54) is 30.2 Å². The molecule has 0 bridgehead atoms. The lowest BCUT2D eigenvalue weighted by molar-refractivity contribution is 0.0655. The highest BCUT2D eigenvalue weighted by Gasteiger charge is 2.17. The van der Waals surface area contributed by atoms with Gasteiger partial charge in [-0.2, -0.15) is 0 Å². The van der Waals surface area contributed by atoms with Crippen molar-refractivity contribution >= 4 is 21.8 Å². The summed E-state index contributed by atoms with van der Waals surface area (Å²) in [5.74, 6) is -0.683. The predicted octanol–water partition coefficient (Wildman–Crippen LogP) is 1.67. The van der Waals surface area contributed by atoms with Gasteiger partial charge in [-0.05, 0) is 34.1 Å². The molecule has 1 aromatic carbocycles. The van der Waals surface area contributed by atoms with Gasteiger partial charge in [-0.1, -0.05) is 0 Å². The van der Waals surface area contributed by atoms with E-state index in [1.54, 1.807) is 0 Å². The van der Waals surface area contributed by atoms with Crippen molar-refractivity contribution in [2.45, 2.75) is 0 Å². The summed E-state index contributed by atoms with van der Waals surface area (Å²) in [4.78, 5) is 13.6. The Bertz CT molecular complexity index is 414. The first-order chi connectivity index (χ1) is 8.60. The molecule has 0 aliphatic heterocycles. The summed E-state index contributed by atoms with van der Waals surface area (Å²) in [5.41, 5.74) is 0.362. The molecular formula is C12H15BrFNO3. The fourth-order valence-electron chi connectivity index (χ4n) is 1.47. The highest BCUT2D eigenvalue weighted by molar-refractivity contribution is 9.10. The molecule has 100 valence electrons. The molecule has 1 N–H and O–H groups in total. The molecule has 0 atom stereocenters. The number of methoxy groups -OCH3 is 1. The van der Waals surface area contributed by atoms with Crippen molar-refractivity contribution in [2.24, 2.45) is 0 Å². The van der Waals surface area contributed by atoms with Crippen molar-refractivity contribution in [3.8, 4) is 0 Å². The lowest BCUT2D eigenvalue weighted by atomic mass is 10.2. The van der Waals surface area contributed by atoms with Crippen molar-refractivity contribution in [3.05, 3.63) is 34.1 Å². The number of amides is 1. The molecule has 6 heteroatoms. The van der Waals surface area contributed by atoms with Crippen LogP contribution in [0.5, 0.6) is 0 Å². The number of rotatable bonds is 6. The summed E-state index contributed by atoms with van der Waals surface area (Å²) >= 11 is 3.15. The largest absolute Gasteiger partial charge is 0.395 e. The zero-order valence-electron chi connectivity index (χ0n) is 10.0. The first-order valence-electron chi connectivity index (χ1n) is 5.44. The third kappa shape index (κ3) is 4.04. The summed E-state index contributed by atoms with van der Waals surface area (Å²) in [6, 6.07) is 3.88. The van der Waals surface area contributed by atoms with E-state index in [9.17, 15) is 9.18 Å². The normalized spacial score (nSPS) is 10.4. The van der Waals surface area contributed by atoms with E-state index in [1.807, 2.05) is 0 Å². The fourth-order valence-corrected chi connectivity index (χ4v) is 1.99. The predicted molar refractivity (Wildman–Crippen MR) is 69.0 cm³/mol. The Morgan fingerprint density at radius 2 is 2.22 bits per heavy atom. The molecule has 0 aliphatic carbocycles. The number of aliphatic hydroxyl groups excluding tert-OH is 1. The summed E-state index contributed by atoms with van der Waals surface area (Å²) in [7, 11) is 1.54. The molecule has 0 spiro atoms. The molecule has 4 nitrogen and oxygen atoms in total. The van der Waals surface area contributed by atoms with E-state index in [4.69, 9.17) is 9.84 Å². The van der Waals surface area contributed by atoms with E-state index < -0.39 is 5.82 Å². The van der Waals surface area contributed by atoms with Gasteiger partial charge in [0.2, 0.25) is 0 Å². The average Bonchev–Trinajstić information content (AvgIpc) is 2.33. The van der Waals surface area contributed by atoms with Crippen LogP contribution in [0.25, 0.3) is 0 Å². The number of ether oxygens (including phenoxy) is 1. The van der Waals surface area contributed by atoms with Crippen molar-refractivity contribution in [3.63, 3.8) is 0 Å². The van der Waals surface area contributed by atoms with Crippen molar-refractivity contribution in [1.29, 1.82) is 0 Å². The van der Waals surface area contributed by atoms with Gasteiger partial charge in [0.25, 0.3) is 5.91 Å². The molecular weight excluding hydrogens is 305 g/mol. The van der Waals surface area contributed by atoms with Gasteiger partial charge in [-0.3, -0.25) is 4.79 Å². The number of hydrogen-bond donors (Lipinski definition) is 1. The minimum absolute atomic E-state index is 0.131. The Morgan fingerprint density at radius 1 is 1.50 bits per heavy atom. The summed E-state index contributed by atoms with van der Waals surface area (Å²) in [5, 5.41) is 8.94. The average molecular weight is 320 g/mol. The van der Waals surface area contributed by atoms with E-state index in [-0.39, 0.29) is 19.1 Å². The molecule has 1 amide bonds. The molecule has 0 unspecified atom stereocenters. The number of aliphatic hydroxyl groups is 1. The Kier molecular flexibility index (Phi) is 6.24. The number of hydrogen-bond acceptors (Lipinski definition) is 3. The fraction of sp³-hybridized carbons (Fsp3) is 0.417. The molecule has 0 fully saturated rings. The second kappa shape index (κ2) is 7.45. The SMILES string of the molecule is COCCN(CCO)C(=O)c1ccc(F)cc1Br. The Balaban J connectivity index is 2.87. The van der Waals surface area contributed by atoms with Gasteiger partial charge in [-0.25, -0.2) is 4.39 Å². The van der Waals surface area contributed by atoms with Crippen LogP contribution in [0.15, 0.2) is 22.7 Å². The molecule has 0 aliphatic rings. The van der Waals surface area contributed by atoms with Gasteiger partial charge in [-0.15, -0.1) is 0 Å². The van der Waals surface area contributed by atoms with Crippen LogP contribution in [0, 0.1) is 5.82 Å². The summed E-state index contributed by atoms with van der Waals surface area (Å²) < 4.78 is 18.3. The Labute approximate surface area is 113 Å². The van der Waals surface area contributed by atoms with E-state index >= 15 is 0 Å². The molecule has 0 saturated carbocycles. The lowest BCUT2D eigenvalue weighted by Crippen LogP contribution is -2.36. The quantitative estimate of drug-likeness (QED) is 0.867. The van der Waals surface area contributed by atoms with Gasteiger partial charge in [0.05, 0.1) is 18.8 Å². The molecule has 0 radical (unpaired) electrons. The van der Waals surface area contributed by atoms with Gasteiger partial charge in [0.15, 0.2) is 0 Å². The van der Waals surface area contributed by atoms with Gasteiger partial charge in [0.1, 0.15) is 5.82 Å². The minimum atomic E-state index is -0.413. The summed E-state index contributed by atoms with van der Waals surface area (Å²) in [6.07, 6.45) is 0. The highest BCUT2D eigenvalue weighted by atomic mass is 79.9.